The highest BCUT2D eigenvalue weighted by Crippen LogP contribution is 2.50. The van der Waals surface area contributed by atoms with Crippen molar-refractivity contribution in [3.63, 3.8) is 0 Å². The number of hydrogen-bond donors (Lipinski definition) is 3. The maximum Gasteiger partial charge on any atom is 0.406 e. The van der Waals surface area contributed by atoms with Crippen LogP contribution in [0, 0.1) is 5.92 Å². The topological polar surface area (TPSA) is 191 Å². The Morgan fingerprint density at radius 1 is 1.38 bits per heavy atom. The average Bonchev–Trinajstić information content (AvgIpc) is 3.32. The highest BCUT2D eigenvalue weighted by atomic mass is 31.2. The first-order valence-corrected chi connectivity index (χ1v) is 12.0. The molecule has 14 nitrogen and oxygen atoms in total. The second kappa shape index (κ2) is 10.1. The monoisotopic (exact) mass is 504 g/mol. The molecule has 3 unspecified atom stereocenters. The summed E-state index contributed by atoms with van der Waals surface area (Å²) >= 11 is 0. The van der Waals surface area contributed by atoms with Crippen molar-refractivity contribution in [1.82, 2.24) is 14.6 Å². The summed E-state index contributed by atoms with van der Waals surface area (Å²) in [6.07, 6.45) is -2.02. The Bertz CT molecular complexity index is 1050. The van der Waals surface area contributed by atoms with E-state index in [0.717, 1.165) is 7.11 Å². The lowest BCUT2D eigenvalue weighted by Crippen LogP contribution is -2.40. The number of carbonyl (C=O) groups is 2. The normalized spacial score (nSPS) is 25.6. The van der Waals surface area contributed by atoms with E-state index in [2.05, 4.69) is 14.8 Å². The molecule has 0 bridgehead atoms. The summed E-state index contributed by atoms with van der Waals surface area (Å²) in [7, 11) is -2.00. The van der Waals surface area contributed by atoms with Crippen LogP contribution in [-0.2, 0) is 43.0 Å². The van der Waals surface area contributed by atoms with Crippen molar-refractivity contribution in [3.05, 3.63) is 22.2 Å². The Hall–Kier alpha value is -2.35. The van der Waals surface area contributed by atoms with Gasteiger partial charge in [-0.3, -0.25) is 18.4 Å². The third kappa shape index (κ3) is 5.16. The van der Waals surface area contributed by atoms with Crippen molar-refractivity contribution in [3.8, 4) is 0 Å². The van der Waals surface area contributed by atoms with E-state index in [0.29, 0.717) is 5.69 Å². The van der Waals surface area contributed by atoms with Crippen molar-refractivity contribution in [2.75, 3.05) is 39.8 Å². The smallest absolute Gasteiger partial charge is 0.406 e. The van der Waals surface area contributed by atoms with Gasteiger partial charge in [-0.05, 0) is 12.3 Å². The van der Waals surface area contributed by atoms with E-state index in [4.69, 9.17) is 24.3 Å². The number of nitrogens with zero attached hydrogens (tertiary/aromatic N) is 2. The third-order valence-electron chi connectivity index (χ3n) is 5.59. The molecule has 3 heterocycles. The van der Waals surface area contributed by atoms with Gasteiger partial charge in [0.15, 0.2) is 6.61 Å². The number of fused-ring (bicyclic) bond motifs is 3. The van der Waals surface area contributed by atoms with Crippen molar-refractivity contribution in [2.45, 2.75) is 44.1 Å². The molecular formula is C19H29N4O10P. The molecule has 5 atom stereocenters. The van der Waals surface area contributed by atoms with Crippen molar-refractivity contribution in [1.29, 1.82) is 0 Å². The van der Waals surface area contributed by atoms with Crippen molar-refractivity contribution in [2.24, 2.45) is 5.92 Å². The maximum absolute atomic E-state index is 13.4. The summed E-state index contributed by atoms with van der Waals surface area (Å²) in [6.45, 7) is 2.46. The predicted octanol–water partition coefficient (Wildman–Crippen LogP) is -0.866. The summed E-state index contributed by atoms with van der Waals surface area (Å²) in [5, 5.41) is 13.4. The van der Waals surface area contributed by atoms with E-state index in [-0.39, 0.29) is 24.8 Å². The Labute approximate surface area is 195 Å². The van der Waals surface area contributed by atoms with E-state index in [1.807, 2.05) is 13.8 Å². The molecule has 0 aromatic carbocycles. The van der Waals surface area contributed by atoms with Crippen LogP contribution in [0.4, 0.5) is 5.82 Å². The number of anilines is 1. The number of aliphatic hydroxyl groups excluding tert-OH is 1. The van der Waals surface area contributed by atoms with Crippen LogP contribution in [0.3, 0.4) is 0 Å². The summed E-state index contributed by atoms with van der Waals surface area (Å²) in [6, 6.07) is 0.408. The van der Waals surface area contributed by atoms with Crippen LogP contribution in [0.1, 0.15) is 26.0 Å². The zero-order valence-electron chi connectivity index (χ0n) is 19.3. The molecule has 1 aromatic rings. The summed E-state index contributed by atoms with van der Waals surface area (Å²) in [5.41, 5.74) is 4.33. The van der Waals surface area contributed by atoms with Crippen LogP contribution in [0.5, 0.6) is 0 Å². The van der Waals surface area contributed by atoms with Gasteiger partial charge in [-0.1, -0.05) is 13.8 Å². The largest absolute Gasteiger partial charge is 0.468 e. The molecule has 2 aliphatic heterocycles. The van der Waals surface area contributed by atoms with E-state index in [9.17, 15) is 24.1 Å². The number of methoxy groups -OCH3 is 2. The molecule has 1 fully saturated rings. The molecule has 1 saturated heterocycles. The van der Waals surface area contributed by atoms with Gasteiger partial charge < -0.3 is 25.1 Å². The first-order chi connectivity index (χ1) is 16.0. The first kappa shape index (κ1) is 26.3. The van der Waals surface area contributed by atoms with Gasteiger partial charge in [0.2, 0.25) is 0 Å². The van der Waals surface area contributed by atoms with Crippen LogP contribution >= 0.6 is 7.75 Å². The van der Waals surface area contributed by atoms with Gasteiger partial charge in [0.05, 0.1) is 33.1 Å². The lowest BCUT2D eigenvalue weighted by molar-refractivity contribution is -0.143. The molecule has 1 aromatic heterocycles. The fraction of sp³-hybridized carbons (Fsp3) is 0.684. The minimum atomic E-state index is -4.30. The molecule has 3 rings (SSSR count). The van der Waals surface area contributed by atoms with Crippen LogP contribution in [0.15, 0.2) is 10.9 Å². The highest BCUT2D eigenvalue weighted by molar-refractivity contribution is 7.51. The number of hydrogen-bond acceptors (Lipinski definition) is 12. The van der Waals surface area contributed by atoms with Gasteiger partial charge in [-0.25, -0.2) is 19.2 Å². The number of aromatic nitrogens is 2. The molecule has 15 heteroatoms. The Kier molecular flexibility index (Phi) is 7.80. The zero-order chi connectivity index (χ0) is 25.3. The standard InChI is InChI=1S/C19H29N4O10P/c1-10(2)5-11(17(26)30-4)22-34(28,33-8-15(24)29-3)32-7-12-16(25)19(9-31-12)13-6-14(20)21-18(27)23(13)19/h6,10-12,16,25H,5,7-9H2,1-4H3,(H,22,28)(H2,20,21,27)/t11-,12+,16?,19?,23?,34?/m0/s1. The number of esters is 2. The van der Waals surface area contributed by atoms with Gasteiger partial charge >= 0.3 is 25.4 Å². The summed E-state index contributed by atoms with van der Waals surface area (Å²) < 4.78 is 40.2. The number of carbonyl (C=O) groups excluding carboxylic acids is 2. The number of nitrogen functional groups attached to an aromatic ring is 1. The van der Waals surface area contributed by atoms with E-state index in [1.54, 1.807) is 0 Å². The SMILES string of the molecule is COC(=O)COP(=O)(N[C@@H](CC(C)C)C(=O)OC)OC[C@H]1OCC2(c3cc(N)nc(=O)n32)C1O. The van der Waals surface area contributed by atoms with Gasteiger partial charge in [0.1, 0.15) is 29.6 Å². The molecule has 2 aliphatic rings. The molecule has 0 amide bonds. The van der Waals surface area contributed by atoms with Gasteiger partial charge in [-0.15, -0.1) is 0 Å². The molecule has 4 N–H and O–H groups in total. The fourth-order valence-corrected chi connectivity index (χ4v) is 5.31. The second-order valence-electron chi connectivity index (χ2n) is 8.38. The van der Waals surface area contributed by atoms with Crippen LogP contribution in [-0.4, -0.2) is 78.9 Å². The van der Waals surface area contributed by atoms with Gasteiger partial charge in [0.25, 0.3) is 0 Å². The Balaban J connectivity index is 1.73. The van der Waals surface area contributed by atoms with Crippen LogP contribution in [0.25, 0.3) is 0 Å². The lowest BCUT2D eigenvalue weighted by Gasteiger charge is -2.26. The van der Waals surface area contributed by atoms with E-state index in [1.165, 1.54) is 17.7 Å². The predicted molar refractivity (Wildman–Crippen MR) is 116 cm³/mol. The lowest BCUT2D eigenvalue weighted by atomic mass is 9.98. The third-order valence-corrected chi connectivity index (χ3v) is 7.17. The number of rotatable bonds is 11. The Morgan fingerprint density at radius 3 is 2.71 bits per heavy atom. The van der Waals surface area contributed by atoms with E-state index >= 15 is 0 Å². The van der Waals surface area contributed by atoms with Crippen molar-refractivity contribution < 1.29 is 42.5 Å². The summed E-state index contributed by atoms with van der Waals surface area (Å²) in [4.78, 5) is 39.5. The molecule has 1 spiro atoms. The quantitative estimate of drug-likeness (QED) is 0.249. The van der Waals surface area contributed by atoms with E-state index < -0.39 is 62.4 Å². The first-order valence-electron chi connectivity index (χ1n) is 10.5. The average molecular weight is 504 g/mol. The minimum absolute atomic E-state index is 0.0123. The van der Waals surface area contributed by atoms with Gasteiger partial charge in [-0.2, -0.15) is 4.98 Å². The number of nitrogens with one attached hydrogen (secondary N) is 1. The number of nitrogens with two attached hydrogens (primary N) is 1. The van der Waals surface area contributed by atoms with Gasteiger partial charge in [0, 0.05) is 6.07 Å². The Morgan fingerprint density at radius 2 is 2.09 bits per heavy atom. The minimum Gasteiger partial charge on any atom is -0.468 e. The molecular weight excluding hydrogens is 475 g/mol. The highest BCUT2D eigenvalue weighted by Gasteiger charge is 2.64. The summed E-state index contributed by atoms with van der Waals surface area (Å²) in [5.74, 6) is -1.49. The molecule has 0 aliphatic carbocycles. The molecule has 34 heavy (non-hydrogen) atoms. The molecule has 0 saturated carbocycles. The molecule has 0 radical (unpaired) electrons. The van der Waals surface area contributed by atoms with Crippen molar-refractivity contribution >= 4 is 25.5 Å². The van der Waals surface area contributed by atoms with Crippen LogP contribution < -0.4 is 16.5 Å². The number of aliphatic hydroxyl groups is 1. The molecule has 190 valence electrons. The number of ether oxygens (including phenoxy) is 3. The maximum atomic E-state index is 13.4. The zero-order valence-corrected chi connectivity index (χ0v) is 20.2. The second-order valence-corrected chi connectivity index (χ2v) is 10.1. The van der Waals surface area contributed by atoms with Crippen LogP contribution in [0.2, 0.25) is 0 Å². The fourth-order valence-electron chi connectivity index (χ4n) is 3.88.